The Morgan fingerprint density at radius 3 is 2.32 bits per heavy atom. The van der Waals surface area contributed by atoms with Gasteiger partial charge < -0.3 is 5.32 Å². The molecule has 19 heavy (non-hydrogen) atoms. The van der Waals surface area contributed by atoms with Gasteiger partial charge in [-0.25, -0.2) is 13.2 Å². The highest BCUT2D eigenvalue weighted by Crippen LogP contribution is 2.20. The second-order valence-electron chi connectivity index (χ2n) is 3.71. The minimum atomic E-state index is -1.12. The number of hydrogen-bond donors (Lipinski definition) is 1. The monoisotopic (exact) mass is 329 g/mol. The summed E-state index contributed by atoms with van der Waals surface area (Å²) in [7, 11) is 0. The van der Waals surface area contributed by atoms with Gasteiger partial charge in [0.2, 0.25) is 0 Å². The smallest absolute Gasteiger partial charge is 0.255 e. The van der Waals surface area contributed by atoms with E-state index >= 15 is 0 Å². The highest BCUT2D eigenvalue weighted by atomic mass is 79.9. The summed E-state index contributed by atoms with van der Waals surface area (Å²) in [5, 5.41) is 2.38. The number of amides is 1. The third-order valence-electron chi connectivity index (χ3n) is 2.36. The molecule has 1 N–H and O–H groups in total. The largest absolute Gasteiger partial charge is 0.322 e. The van der Waals surface area contributed by atoms with Gasteiger partial charge in [-0.2, -0.15) is 0 Å². The zero-order valence-electron chi connectivity index (χ0n) is 9.38. The SMILES string of the molecule is O=C(Nc1ccc(Br)c(F)c1)c1ccc(F)c(F)c1. The average molecular weight is 330 g/mol. The van der Waals surface area contributed by atoms with Crippen LogP contribution in [0.25, 0.3) is 0 Å². The molecule has 0 aliphatic heterocycles. The second-order valence-corrected chi connectivity index (χ2v) is 4.57. The molecule has 0 fully saturated rings. The third-order valence-corrected chi connectivity index (χ3v) is 3.00. The normalized spacial score (nSPS) is 10.3. The molecule has 2 aromatic carbocycles. The molecule has 0 aliphatic rings. The molecule has 6 heteroatoms. The van der Waals surface area contributed by atoms with Crippen LogP contribution in [0.1, 0.15) is 10.4 Å². The Morgan fingerprint density at radius 2 is 1.68 bits per heavy atom. The van der Waals surface area contributed by atoms with E-state index in [0.29, 0.717) is 0 Å². The topological polar surface area (TPSA) is 29.1 Å². The van der Waals surface area contributed by atoms with E-state index in [4.69, 9.17) is 0 Å². The number of carbonyl (C=O) groups excluding carboxylic acids is 1. The summed E-state index contributed by atoms with van der Waals surface area (Å²) in [6.45, 7) is 0. The molecule has 0 aliphatic carbocycles. The molecule has 2 rings (SSSR count). The van der Waals surface area contributed by atoms with E-state index in [1.54, 1.807) is 0 Å². The van der Waals surface area contributed by atoms with Gasteiger partial charge in [-0.05, 0) is 52.3 Å². The lowest BCUT2D eigenvalue weighted by Gasteiger charge is -2.06. The molecular formula is C13H7BrF3NO. The summed E-state index contributed by atoms with van der Waals surface area (Å²) < 4.78 is 39.2. The average Bonchev–Trinajstić information content (AvgIpc) is 2.37. The van der Waals surface area contributed by atoms with Gasteiger partial charge in [-0.15, -0.1) is 0 Å². The van der Waals surface area contributed by atoms with Crippen LogP contribution in [0.4, 0.5) is 18.9 Å². The van der Waals surface area contributed by atoms with Crippen molar-refractivity contribution >= 4 is 27.5 Å². The van der Waals surface area contributed by atoms with Gasteiger partial charge in [0, 0.05) is 11.3 Å². The van der Waals surface area contributed by atoms with Crippen LogP contribution in [0.2, 0.25) is 0 Å². The molecule has 0 aromatic heterocycles. The lowest BCUT2D eigenvalue weighted by molar-refractivity contribution is 0.102. The van der Waals surface area contributed by atoms with Gasteiger partial charge in [0.25, 0.3) is 5.91 Å². The molecule has 0 heterocycles. The number of rotatable bonds is 2. The van der Waals surface area contributed by atoms with E-state index in [1.165, 1.54) is 12.1 Å². The maximum absolute atomic E-state index is 13.2. The highest BCUT2D eigenvalue weighted by molar-refractivity contribution is 9.10. The zero-order chi connectivity index (χ0) is 14.0. The predicted molar refractivity (Wildman–Crippen MR) is 68.4 cm³/mol. The third kappa shape index (κ3) is 3.14. The van der Waals surface area contributed by atoms with Crippen molar-refractivity contribution in [3.8, 4) is 0 Å². The van der Waals surface area contributed by atoms with E-state index in [1.807, 2.05) is 0 Å². The van der Waals surface area contributed by atoms with Crippen molar-refractivity contribution in [1.82, 2.24) is 0 Å². The molecule has 0 saturated carbocycles. The van der Waals surface area contributed by atoms with E-state index in [9.17, 15) is 18.0 Å². The number of halogens is 4. The van der Waals surface area contributed by atoms with Crippen LogP contribution in [0, 0.1) is 17.5 Å². The van der Waals surface area contributed by atoms with E-state index in [-0.39, 0.29) is 15.7 Å². The Morgan fingerprint density at radius 1 is 0.947 bits per heavy atom. The Balaban J connectivity index is 2.20. The molecule has 1 amide bonds. The quantitative estimate of drug-likeness (QED) is 0.882. The Bertz CT molecular complexity index is 646. The lowest BCUT2D eigenvalue weighted by Crippen LogP contribution is -2.12. The number of nitrogens with one attached hydrogen (secondary N) is 1. The number of anilines is 1. The predicted octanol–water partition coefficient (Wildman–Crippen LogP) is 4.12. The lowest BCUT2D eigenvalue weighted by atomic mass is 10.2. The molecule has 0 bridgehead atoms. The van der Waals surface area contributed by atoms with Crippen LogP contribution in [0.3, 0.4) is 0 Å². The van der Waals surface area contributed by atoms with Crippen LogP contribution < -0.4 is 5.32 Å². The second kappa shape index (κ2) is 5.44. The summed E-state index contributed by atoms with van der Waals surface area (Å²) in [5.74, 6) is -3.34. The molecule has 98 valence electrons. The molecule has 2 nitrogen and oxygen atoms in total. The number of benzene rings is 2. The first-order valence-corrected chi connectivity index (χ1v) is 5.98. The fraction of sp³-hybridized carbons (Fsp3) is 0. The molecule has 0 atom stereocenters. The Kier molecular flexibility index (Phi) is 3.90. The minimum absolute atomic E-state index is 0.0535. The standard InChI is InChI=1S/C13H7BrF3NO/c14-9-3-2-8(6-11(9)16)18-13(19)7-1-4-10(15)12(17)5-7/h1-6H,(H,18,19). The van der Waals surface area contributed by atoms with Crippen molar-refractivity contribution in [3.05, 3.63) is 63.9 Å². The fourth-order valence-corrected chi connectivity index (χ4v) is 1.66. The van der Waals surface area contributed by atoms with Crippen LogP contribution in [-0.2, 0) is 0 Å². The van der Waals surface area contributed by atoms with Crippen molar-refractivity contribution in [2.24, 2.45) is 0 Å². The van der Waals surface area contributed by atoms with Gasteiger partial charge in [-0.3, -0.25) is 4.79 Å². The highest BCUT2D eigenvalue weighted by Gasteiger charge is 2.10. The van der Waals surface area contributed by atoms with E-state index in [2.05, 4.69) is 21.2 Å². The fourth-order valence-electron chi connectivity index (χ4n) is 1.41. The van der Waals surface area contributed by atoms with Gasteiger partial charge in [0.1, 0.15) is 5.82 Å². The van der Waals surface area contributed by atoms with Crippen molar-refractivity contribution in [2.75, 3.05) is 5.32 Å². The first kappa shape index (κ1) is 13.6. The van der Waals surface area contributed by atoms with Crippen molar-refractivity contribution in [2.45, 2.75) is 0 Å². The van der Waals surface area contributed by atoms with E-state index in [0.717, 1.165) is 24.3 Å². The number of hydrogen-bond acceptors (Lipinski definition) is 1. The summed E-state index contributed by atoms with van der Waals surface area (Å²) >= 11 is 2.98. The van der Waals surface area contributed by atoms with Gasteiger partial charge >= 0.3 is 0 Å². The minimum Gasteiger partial charge on any atom is -0.322 e. The van der Waals surface area contributed by atoms with Crippen molar-refractivity contribution in [3.63, 3.8) is 0 Å². The van der Waals surface area contributed by atoms with Gasteiger partial charge in [0.15, 0.2) is 11.6 Å². The summed E-state index contributed by atoms with van der Waals surface area (Å²) in [6, 6.07) is 6.79. The zero-order valence-corrected chi connectivity index (χ0v) is 11.0. The molecule has 0 radical (unpaired) electrons. The van der Waals surface area contributed by atoms with Crippen molar-refractivity contribution < 1.29 is 18.0 Å². The van der Waals surface area contributed by atoms with Gasteiger partial charge in [-0.1, -0.05) is 0 Å². The maximum Gasteiger partial charge on any atom is 0.255 e. The molecular weight excluding hydrogens is 323 g/mol. The van der Waals surface area contributed by atoms with Gasteiger partial charge in [0.05, 0.1) is 4.47 Å². The summed E-state index contributed by atoms with van der Waals surface area (Å²) in [6.07, 6.45) is 0. The first-order chi connectivity index (χ1) is 8.97. The summed E-state index contributed by atoms with van der Waals surface area (Å²) in [4.78, 5) is 11.7. The van der Waals surface area contributed by atoms with Crippen LogP contribution in [0.5, 0.6) is 0 Å². The van der Waals surface area contributed by atoms with E-state index < -0.39 is 23.4 Å². The summed E-state index contributed by atoms with van der Waals surface area (Å²) in [5.41, 5.74) is 0.165. The van der Waals surface area contributed by atoms with Crippen LogP contribution >= 0.6 is 15.9 Å². The molecule has 2 aromatic rings. The maximum atomic E-state index is 13.2. The van der Waals surface area contributed by atoms with Crippen molar-refractivity contribution in [1.29, 1.82) is 0 Å². The number of carbonyl (C=O) groups is 1. The molecule has 0 spiro atoms. The molecule has 0 unspecified atom stereocenters. The van der Waals surface area contributed by atoms with Crippen LogP contribution in [-0.4, -0.2) is 5.91 Å². The van der Waals surface area contributed by atoms with Crippen LogP contribution in [0.15, 0.2) is 40.9 Å². The molecule has 0 saturated heterocycles. The Labute approximate surface area is 115 Å². The first-order valence-electron chi connectivity index (χ1n) is 5.19. The Hall–Kier alpha value is -1.82.